The standard InChI is InChI=1S/C20H15F4N/c1-12-3-7-14(8-4-12)25(15-9-5-13(2)6-10-15)20-17(22)11-16(21)18(23)19(20)24/h3-11H,1-2H3. The van der Waals surface area contributed by atoms with Gasteiger partial charge in [-0.3, -0.25) is 0 Å². The summed E-state index contributed by atoms with van der Waals surface area (Å²) in [6.07, 6.45) is 0. The molecule has 1 nitrogen and oxygen atoms in total. The second kappa shape index (κ2) is 6.59. The molecule has 0 radical (unpaired) electrons. The van der Waals surface area contributed by atoms with Crippen LogP contribution in [0.3, 0.4) is 0 Å². The number of hydrogen-bond donors (Lipinski definition) is 0. The Kier molecular flexibility index (Phi) is 4.49. The predicted molar refractivity (Wildman–Crippen MR) is 90.4 cm³/mol. The molecule has 0 atom stereocenters. The van der Waals surface area contributed by atoms with Gasteiger partial charge in [0.05, 0.1) is 0 Å². The smallest absolute Gasteiger partial charge is 0.196 e. The Bertz CT molecular complexity index is 857. The lowest BCUT2D eigenvalue weighted by Crippen LogP contribution is -2.15. The minimum absolute atomic E-state index is 0.350. The van der Waals surface area contributed by atoms with Crippen molar-refractivity contribution in [1.29, 1.82) is 0 Å². The van der Waals surface area contributed by atoms with Crippen LogP contribution in [0.2, 0.25) is 0 Å². The molecule has 0 amide bonds. The van der Waals surface area contributed by atoms with Crippen LogP contribution in [0, 0.1) is 37.1 Å². The van der Waals surface area contributed by atoms with Gasteiger partial charge < -0.3 is 4.90 Å². The third-order valence-corrected chi connectivity index (χ3v) is 3.90. The molecule has 0 saturated heterocycles. The highest BCUT2D eigenvalue weighted by atomic mass is 19.2. The van der Waals surface area contributed by atoms with E-state index >= 15 is 0 Å². The zero-order valence-electron chi connectivity index (χ0n) is 13.7. The van der Waals surface area contributed by atoms with Crippen molar-refractivity contribution < 1.29 is 17.6 Å². The van der Waals surface area contributed by atoms with E-state index in [0.29, 0.717) is 17.4 Å². The van der Waals surface area contributed by atoms with Gasteiger partial charge >= 0.3 is 0 Å². The van der Waals surface area contributed by atoms with E-state index in [9.17, 15) is 17.6 Å². The average Bonchev–Trinajstić information content (AvgIpc) is 2.59. The van der Waals surface area contributed by atoms with Gasteiger partial charge in [-0.15, -0.1) is 0 Å². The van der Waals surface area contributed by atoms with E-state index in [1.807, 2.05) is 13.8 Å². The van der Waals surface area contributed by atoms with Gasteiger partial charge in [-0.05, 0) is 38.1 Å². The molecule has 0 aliphatic heterocycles. The number of rotatable bonds is 3. The van der Waals surface area contributed by atoms with Crippen molar-refractivity contribution in [2.24, 2.45) is 0 Å². The van der Waals surface area contributed by atoms with Crippen molar-refractivity contribution in [2.75, 3.05) is 4.90 Å². The average molecular weight is 345 g/mol. The summed E-state index contributed by atoms with van der Waals surface area (Å²) in [5.74, 6) is -6.02. The van der Waals surface area contributed by atoms with E-state index in [2.05, 4.69) is 0 Å². The Morgan fingerprint density at radius 3 is 1.48 bits per heavy atom. The van der Waals surface area contributed by atoms with E-state index in [-0.39, 0.29) is 0 Å². The molecule has 0 spiro atoms. The SMILES string of the molecule is Cc1ccc(N(c2ccc(C)cc2)c2c(F)cc(F)c(F)c2F)cc1. The minimum atomic E-state index is -1.71. The Morgan fingerprint density at radius 2 is 1.04 bits per heavy atom. The monoisotopic (exact) mass is 345 g/mol. The molecule has 0 aliphatic carbocycles. The molecule has 0 aromatic heterocycles. The molecule has 0 heterocycles. The van der Waals surface area contributed by atoms with Crippen molar-refractivity contribution in [3.05, 3.63) is 89.0 Å². The molecule has 0 aliphatic rings. The number of nitrogens with zero attached hydrogens (tertiary/aromatic N) is 1. The minimum Gasteiger partial charge on any atom is -0.305 e. The topological polar surface area (TPSA) is 3.24 Å². The first-order chi connectivity index (χ1) is 11.9. The number of aryl methyl sites for hydroxylation is 2. The summed E-state index contributed by atoms with van der Waals surface area (Å²) in [6.45, 7) is 3.75. The van der Waals surface area contributed by atoms with Gasteiger partial charge in [-0.25, -0.2) is 17.6 Å². The summed E-state index contributed by atoms with van der Waals surface area (Å²) in [7, 11) is 0. The fourth-order valence-corrected chi connectivity index (χ4v) is 2.56. The quantitative estimate of drug-likeness (QED) is 0.305. The van der Waals surface area contributed by atoms with Gasteiger partial charge in [-0.1, -0.05) is 35.4 Å². The van der Waals surface area contributed by atoms with E-state index in [0.717, 1.165) is 11.1 Å². The fourth-order valence-electron chi connectivity index (χ4n) is 2.56. The molecule has 0 bridgehead atoms. The van der Waals surface area contributed by atoms with Gasteiger partial charge in [0.25, 0.3) is 0 Å². The lowest BCUT2D eigenvalue weighted by atomic mass is 10.1. The highest BCUT2D eigenvalue weighted by Crippen LogP contribution is 2.39. The van der Waals surface area contributed by atoms with Crippen molar-refractivity contribution >= 4 is 17.1 Å². The van der Waals surface area contributed by atoms with Gasteiger partial charge in [-0.2, -0.15) is 0 Å². The van der Waals surface area contributed by atoms with E-state index in [1.165, 1.54) is 4.90 Å². The van der Waals surface area contributed by atoms with Crippen molar-refractivity contribution in [3.63, 3.8) is 0 Å². The van der Waals surface area contributed by atoms with Crippen LogP contribution in [0.4, 0.5) is 34.6 Å². The maximum absolute atomic E-state index is 14.4. The van der Waals surface area contributed by atoms with Gasteiger partial charge in [0.2, 0.25) is 0 Å². The van der Waals surface area contributed by atoms with Crippen LogP contribution < -0.4 is 4.90 Å². The highest BCUT2D eigenvalue weighted by Gasteiger charge is 2.25. The molecule has 5 heteroatoms. The zero-order valence-corrected chi connectivity index (χ0v) is 13.7. The second-order valence-electron chi connectivity index (χ2n) is 5.82. The lowest BCUT2D eigenvalue weighted by molar-refractivity contribution is 0.436. The molecule has 0 unspecified atom stereocenters. The molecule has 128 valence electrons. The first-order valence-electron chi connectivity index (χ1n) is 7.65. The van der Waals surface area contributed by atoms with Gasteiger partial charge in [0.15, 0.2) is 23.3 Å². The Hall–Kier alpha value is -2.82. The number of halogens is 4. The van der Waals surface area contributed by atoms with Gasteiger partial charge in [0, 0.05) is 17.4 Å². The number of benzene rings is 3. The number of hydrogen-bond acceptors (Lipinski definition) is 1. The van der Waals surface area contributed by atoms with Gasteiger partial charge in [0.1, 0.15) is 5.69 Å². The van der Waals surface area contributed by atoms with Crippen molar-refractivity contribution in [2.45, 2.75) is 13.8 Å². The van der Waals surface area contributed by atoms with Crippen LogP contribution in [0.5, 0.6) is 0 Å². The molecule has 0 fully saturated rings. The normalized spacial score (nSPS) is 10.8. The summed E-state index contributed by atoms with van der Waals surface area (Å²) >= 11 is 0. The Labute approximate surface area is 143 Å². The second-order valence-corrected chi connectivity index (χ2v) is 5.82. The summed E-state index contributed by atoms with van der Waals surface area (Å²) in [6, 6.07) is 14.1. The third kappa shape index (κ3) is 3.22. The molecule has 3 aromatic rings. The molecule has 25 heavy (non-hydrogen) atoms. The summed E-state index contributed by atoms with van der Waals surface area (Å²) < 4.78 is 55.9. The summed E-state index contributed by atoms with van der Waals surface area (Å²) in [4.78, 5) is 1.23. The predicted octanol–water partition coefficient (Wildman–Crippen LogP) is 6.33. The van der Waals surface area contributed by atoms with Crippen LogP contribution in [0.15, 0.2) is 54.6 Å². The first kappa shape index (κ1) is 17.0. The molecular formula is C20H15F4N. The molecule has 0 saturated carbocycles. The summed E-state index contributed by atoms with van der Waals surface area (Å²) in [5.41, 5.74) is 2.11. The largest absolute Gasteiger partial charge is 0.305 e. The Balaban J connectivity index is 2.27. The maximum Gasteiger partial charge on any atom is 0.196 e. The van der Waals surface area contributed by atoms with Crippen LogP contribution in [0.1, 0.15) is 11.1 Å². The first-order valence-corrected chi connectivity index (χ1v) is 7.65. The van der Waals surface area contributed by atoms with Crippen molar-refractivity contribution in [1.82, 2.24) is 0 Å². The summed E-state index contributed by atoms with van der Waals surface area (Å²) in [5, 5.41) is 0. The number of anilines is 3. The lowest BCUT2D eigenvalue weighted by Gasteiger charge is -2.26. The van der Waals surface area contributed by atoms with E-state index < -0.39 is 29.0 Å². The van der Waals surface area contributed by atoms with E-state index in [1.54, 1.807) is 48.5 Å². The third-order valence-electron chi connectivity index (χ3n) is 3.90. The van der Waals surface area contributed by atoms with Crippen LogP contribution in [0.25, 0.3) is 0 Å². The highest BCUT2D eigenvalue weighted by molar-refractivity contribution is 5.77. The van der Waals surface area contributed by atoms with Crippen LogP contribution >= 0.6 is 0 Å². The van der Waals surface area contributed by atoms with Crippen molar-refractivity contribution in [3.8, 4) is 0 Å². The molecule has 3 rings (SSSR count). The van der Waals surface area contributed by atoms with E-state index in [4.69, 9.17) is 0 Å². The zero-order chi connectivity index (χ0) is 18.1. The van der Waals surface area contributed by atoms with Crippen LogP contribution in [-0.4, -0.2) is 0 Å². The maximum atomic E-state index is 14.4. The fraction of sp³-hybridized carbons (Fsp3) is 0.100. The molecule has 0 N–H and O–H groups in total. The molecule has 3 aromatic carbocycles. The Morgan fingerprint density at radius 1 is 0.600 bits per heavy atom. The molecular weight excluding hydrogens is 330 g/mol. The van der Waals surface area contributed by atoms with Crippen LogP contribution in [-0.2, 0) is 0 Å².